The van der Waals surface area contributed by atoms with Crippen LogP contribution in [0.25, 0.3) is 0 Å². The molecule has 0 amide bonds. The van der Waals surface area contributed by atoms with Crippen molar-refractivity contribution in [1.29, 1.82) is 0 Å². The Morgan fingerprint density at radius 1 is 1.69 bits per heavy atom. The van der Waals surface area contributed by atoms with Gasteiger partial charge in [0.05, 0.1) is 10.9 Å². The summed E-state index contributed by atoms with van der Waals surface area (Å²) in [6.07, 6.45) is 1.70. The topological polar surface area (TPSA) is 30.0 Å². The summed E-state index contributed by atoms with van der Waals surface area (Å²) in [7, 11) is 0. The van der Waals surface area contributed by atoms with Crippen LogP contribution in [-0.2, 0) is 0 Å². The molecule has 0 aliphatic carbocycles. The molecule has 0 saturated carbocycles. The molecule has 0 atom stereocenters. The van der Waals surface area contributed by atoms with Gasteiger partial charge in [0, 0.05) is 11.8 Å². The molecular formula is C9H5BrFNO. The minimum atomic E-state index is -0.781. The Kier molecular flexibility index (Phi) is 3.59. The lowest BCUT2D eigenvalue weighted by Gasteiger charge is -1.95. The van der Waals surface area contributed by atoms with Gasteiger partial charge in [-0.3, -0.25) is 4.79 Å². The van der Waals surface area contributed by atoms with Crippen LogP contribution in [0.5, 0.6) is 0 Å². The average molecular weight is 242 g/mol. The van der Waals surface area contributed by atoms with Gasteiger partial charge in [-0.05, 0) is 6.07 Å². The minimum absolute atomic E-state index is 0.0871. The first-order valence-corrected chi connectivity index (χ1v) is 4.56. The number of carbonyl (C=O) groups excluding carboxylic acids is 1. The van der Waals surface area contributed by atoms with Crippen molar-refractivity contribution >= 4 is 22.2 Å². The SMILES string of the molecule is O=Cc1c(C#CCBr)ccnc1F. The number of aldehydes is 1. The third-order valence-corrected chi connectivity index (χ3v) is 1.63. The van der Waals surface area contributed by atoms with Crippen LogP contribution in [0.1, 0.15) is 15.9 Å². The van der Waals surface area contributed by atoms with Crippen molar-refractivity contribution in [2.75, 3.05) is 5.33 Å². The van der Waals surface area contributed by atoms with Crippen LogP contribution < -0.4 is 0 Å². The Morgan fingerprint density at radius 3 is 3.08 bits per heavy atom. The molecule has 1 heterocycles. The molecular weight excluding hydrogens is 237 g/mol. The Hall–Kier alpha value is -1.21. The number of hydrogen-bond donors (Lipinski definition) is 0. The van der Waals surface area contributed by atoms with E-state index in [2.05, 4.69) is 32.8 Å². The molecule has 0 fully saturated rings. The molecule has 2 nitrogen and oxygen atoms in total. The van der Waals surface area contributed by atoms with E-state index >= 15 is 0 Å². The van der Waals surface area contributed by atoms with Gasteiger partial charge in [0.1, 0.15) is 0 Å². The summed E-state index contributed by atoms with van der Waals surface area (Å²) in [6.45, 7) is 0. The van der Waals surface area contributed by atoms with Crippen LogP contribution in [0.2, 0.25) is 0 Å². The van der Waals surface area contributed by atoms with Crippen molar-refractivity contribution in [1.82, 2.24) is 4.98 Å². The molecule has 1 aromatic rings. The number of nitrogens with zero attached hydrogens (tertiary/aromatic N) is 1. The molecule has 4 heteroatoms. The van der Waals surface area contributed by atoms with Gasteiger partial charge in [0.2, 0.25) is 5.95 Å². The summed E-state index contributed by atoms with van der Waals surface area (Å²) in [5.41, 5.74) is 0.276. The van der Waals surface area contributed by atoms with Crippen LogP contribution in [-0.4, -0.2) is 16.6 Å². The van der Waals surface area contributed by atoms with E-state index in [1.165, 1.54) is 12.3 Å². The van der Waals surface area contributed by atoms with E-state index < -0.39 is 5.95 Å². The van der Waals surface area contributed by atoms with Crippen LogP contribution in [0, 0.1) is 17.8 Å². The maximum absolute atomic E-state index is 12.9. The number of halogens is 2. The highest BCUT2D eigenvalue weighted by atomic mass is 79.9. The van der Waals surface area contributed by atoms with Gasteiger partial charge in [0.25, 0.3) is 0 Å². The van der Waals surface area contributed by atoms with Crippen molar-refractivity contribution in [2.24, 2.45) is 0 Å². The van der Waals surface area contributed by atoms with Gasteiger partial charge in [0.15, 0.2) is 6.29 Å². The Balaban J connectivity index is 3.20. The van der Waals surface area contributed by atoms with Crippen LogP contribution in [0.3, 0.4) is 0 Å². The third kappa shape index (κ3) is 2.36. The van der Waals surface area contributed by atoms with Gasteiger partial charge in [-0.15, -0.1) is 0 Å². The molecule has 0 aromatic carbocycles. The first-order valence-electron chi connectivity index (χ1n) is 3.44. The van der Waals surface area contributed by atoms with Gasteiger partial charge >= 0.3 is 0 Å². The summed E-state index contributed by atoms with van der Waals surface area (Å²) in [6, 6.07) is 1.50. The van der Waals surface area contributed by atoms with Crippen molar-refractivity contribution in [3.05, 3.63) is 29.3 Å². The molecule has 1 aromatic heterocycles. The van der Waals surface area contributed by atoms with Crippen molar-refractivity contribution in [2.45, 2.75) is 0 Å². The summed E-state index contributed by atoms with van der Waals surface area (Å²) in [4.78, 5) is 13.8. The van der Waals surface area contributed by atoms with Crippen LogP contribution in [0.15, 0.2) is 12.3 Å². The maximum atomic E-state index is 12.9. The number of aromatic nitrogens is 1. The predicted molar refractivity (Wildman–Crippen MR) is 50.3 cm³/mol. The van der Waals surface area contributed by atoms with Crippen molar-refractivity contribution < 1.29 is 9.18 Å². The zero-order valence-corrected chi connectivity index (χ0v) is 8.14. The van der Waals surface area contributed by atoms with E-state index in [9.17, 15) is 9.18 Å². The normalized spacial score (nSPS) is 8.77. The zero-order chi connectivity index (χ0) is 9.68. The largest absolute Gasteiger partial charge is 0.298 e. The summed E-state index contributed by atoms with van der Waals surface area (Å²) >= 11 is 3.10. The Morgan fingerprint density at radius 2 is 2.46 bits per heavy atom. The smallest absolute Gasteiger partial charge is 0.224 e. The average Bonchev–Trinajstić information content (AvgIpc) is 2.15. The lowest BCUT2D eigenvalue weighted by Crippen LogP contribution is -1.95. The summed E-state index contributed by atoms with van der Waals surface area (Å²) in [5.74, 6) is 4.55. The second kappa shape index (κ2) is 4.73. The van der Waals surface area contributed by atoms with Gasteiger partial charge in [-0.1, -0.05) is 27.8 Å². The number of hydrogen-bond acceptors (Lipinski definition) is 2. The number of pyridine rings is 1. The summed E-state index contributed by atoms with van der Waals surface area (Å²) in [5, 5.41) is 0.481. The second-order valence-corrected chi connectivity index (χ2v) is 2.68. The summed E-state index contributed by atoms with van der Waals surface area (Å²) < 4.78 is 12.9. The number of carbonyl (C=O) groups is 1. The van der Waals surface area contributed by atoms with Crippen molar-refractivity contribution in [3.8, 4) is 11.8 Å². The van der Waals surface area contributed by atoms with Crippen LogP contribution in [0.4, 0.5) is 4.39 Å². The second-order valence-electron chi connectivity index (χ2n) is 2.12. The molecule has 0 aliphatic heterocycles. The lowest BCUT2D eigenvalue weighted by molar-refractivity contribution is 0.111. The van der Waals surface area contributed by atoms with E-state index in [0.29, 0.717) is 17.2 Å². The van der Waals surface area contributed by atoms with Crippen LogP contribution >= 0.6 is 15.9 Å². The molecule has 0 saturated heterocycles. The lowest BCUT2D eigenvalue weighted by atomic mass is 10.1. The van der Waals surface area contributed by atoms with E-state index in [4.69, 9.17) is 0 Å². The fraction of sp³-hybridized carbons (Fsp3) is 0.111. The highest BCUT2D eigenvalue weighted by Gasteiger charge is 2.05. The highest BCUT2D eigenvalue weighted by Crippen LogP contribution is 2.06. The monoisotopic (exact) mass is 241 g/mol. The molecule has 66 valence electrons. The highest BCUT2D eigenvalue weighted by molar-refractivity contribution is 9.09. The first-order chi connectivity index (χ1) is 6.29. The molecule has 0 unspecified atom stereocenters. The molecule has 0 aliphatic rings. The first kappa shape index (κ1) is 9.87. The fourth-order valence-corrected chi connectivity index (χ4v) is 0.938. The standard InChI is InChI=1S/C9H5BrFNO/c10-4-1-2-7-3-5-12-9(11)8(7)6-13/h3,5-6H,4H2. The number of alkyl halides is 1. The van der Waals surface area contributed by atoms with E-state index in [1.54, 1.807) is 0 Å². The van der Waals surface area contributed by atoms with Gasteiger partial charge < -0.3 is 0 Å². The maximum Gasteiger partial charge on any atom is 0.224 e. The molecule has 0 radical (unpaired) electrons. The fourth-order valence-electron chi connectivity index (χ4n) is 0.797. The predicted octanol–water partition coefficient (Wildman–Crippen LogP) is 1.78. The van der Waals surface area contributed by atoms with Gasteiger partial charge in [-0.25, -0.2) is 4.98 Å². The Labute approximate surface area is 83.3 Å². The molecule has 0 bridgehead atoms. The third-order valence-electron chi connectivity index (χ3n) is 1.35. The quantitative estimate of drug-likeness (QED) is 0.325. The molecule has 13 heavy (non-hydrogen) atoms. The molecule has 0 N–H and O–H groups in total. The zero-order valence-electron chi connectivity index (χ0n) is 6.55. The molecule has 0 spiro atoms. The van der Waals surface area contributed by atoms with Gasteiger partial charge in [-0.2, -0.15) is 4.39 Å². The van der Waals surface area contributed by atoms with Crippen molar-refractivity contribution in [3.63, 3.8) is 0 Å². The van der Waals surface area contributed by atoms with E-state index in [0.717, 1.165) is 0 Å². The number of rotatable bonds is 1. The minimum Gasteiger partial charge on any atom is -0.298 e. The Bertz CT molecular complexity index is 381. The van der Waals surface area contributed by atoms with E-state index in [-0.39, 0.29) is 5.56 Å². The van der Waals surface area contributed by atoms with E-state index in [1.807, 2.05) is 0 Å². The molecule has 1 rings (SSSR count).